The lowest BCUT2D eigenvalue weighted by Crippen LogP contribution is -2.36. The van der Waals surface area contributed by atoms with Gasteiger partial charge < -0.3 is 10.2 Å². The van der Waals surface area contributed by atoms with Crippen molar-refractivity contribution in [2.45, 2.75) is 40.5 Å². The average molecular weight is 464 g/mol. The van der Waals surface area contributed by atoms with Crippen molar-refractivity contribution in [3.63, 3.8) is 0 Å². The second kappa shape index (κ2) is 9.43. The van der Waals surface area contributed by atoms with Crippen LogP contribution in [0.15, 0.2) is 35.2 Å². The van der Waals surface area contributed by atoms with E-state index in [0.29, 0.717) is 4.91 Å². The molecule has 2 aliphatic heterocycles. The maximum atomic E-state index is 12.9. The van der Waals surface area contributed by atoms with Crippen LogP contribution in [-0.4, -0.2) is 41.6 Å². The van der Waals surface area contributed by atoms with E-state index < -0.39 is 11.1 Å². The highest BCUT2D eigenvalue weighted by atomic mass is 32.2. The van der Waals surface area contributed by atoms with E-state index in [1.165, 1.54) is 18.5 Å². The minimum Gasteiger partial charge on any atom is -0.372 e. The van der Waals surface area contributed by atoms with Crippen LogP contribution in [0.25, 0.3) is 6.08 Å². The third-order valence-electron chi connectivity index (χ3n) is 6.13. The summed E-state index contributed by atoms with van der Waals surface area (Å²) < 4.78 is 0. The predicted molar refractivity (Wildman–Crippen MR) is 135 cm³/mol. The monoisotopic (exact) mass is 463 g/mol. The Labute approximate surface area is 199 Å². The molecule has 2 aromatic rings. The van der Waals surface area contributed by atoms with Crippen molar-refractivity contribution < 1.29 is 14.4 Å². The number of amides is 3. The number of aryl methyl sites for hydroxylation is 4. The number of hydrogen-bond acceptors (Lipinski definition) is 5. The maximum Gasteiger partial charge on any atom is 0.294 e. The molecular formula is C26H29N3O3S. The van der Waals surface area contributed by atoms with Gasteiger partial charge in [0.1, 0.15) is 6.54 Å². The van der Waals surface area contributed by atoms with Gasteiger partial charge >= 0.3 is 0 Å². The molecule has 6 nitrogen and oxygen atoms in total. The molecule has 3 amide bonds. The fraction of sp³-hybridized carbons (Fsp3) is 0.346. The summed E-state index contributed by atoms with van der Waals surface area (Å²) in [6.07, 6.45) is 4.18. The van der Waals surface area contributed by atoms with Gasteiger partial charge in [0, 0.05) is 24.5 Å². The van der Waals surface area contributed by atoms with Gasteiger partial charge in [-0.15, -0.1) is 0 Å². The molecule has 33 heavy (non-hydrogen) atoms. The highest BCUT2D eigenvalue weighted by Gasteiger charge is 2.36. The van der Waals surface area contributed by atoms with Crippen LogP contribution in [0, 0.1) is 27.7 Å². The lowest BCUT2D eigenvalue weighted by atomic mass is 10.1. The first-order valence-corrected chi connectivity index (χ1v) is 12.0. The van der Waals surface area contributed by atoms with E-state index in [-0.39, 0.29) is 12.5 Å². The van der Waals surface area contributed by atoms with Crippen LogP contribution in [0.3, 0.4) is 0 Å². The number of nitrogens with zero attached hydrogens (tertiary/aromatic N) is 2. The Kier molecular flexibility index (Phi) is 6.61. The molecule has 0 saturated carbocycles. The molecule has 0 bridgehead atoms. The minimum absolute atomic E-state index is 0.304. The van der Waals surface area contributed by atoms with Gasteiger partial charge in [0.15, 0.2) is 0 Å². The summed E-state index contributed by atoms with van der Waals surface area (Å²) in [5, 5.41) is 2.44. The van der Waals surface area contributed by atoms with Crippen LogP contribution in [0.2, 0.25) is 0 Å². The molecule has 0 atom stereocenters. The predicted octanol–water partition coefficient (Wildman–Crippen LogP) is 5.20. The first-order valence-electron chi connectivity index (χ1n) is 11.2. The van der Waals surface area contributed by atoms with Gasteiger partial charge in [-0.05, 0) is 92.8 Å². The van der Waals surface area contributed by atoms with Crippen molar-refractivity contribution in [3.05, 3.63) is 63.1 Å². The van der Waals surface area contributed by atoms with Crippen molar-refractivity contribution in [1.82, 2.24) is 4.90 Å². The van der Waals surface area contributed by atoms with Crippen molar-refractivity contribution in [2.75, 3.05) is 29.9 Å². The second-order valence-electron chi connectivity index (χ2n) is 8.82. The molecule has 0 unspecified atom stereocenters. The van der Waals surface area contributed by atoms with Crippen molar-refractivity contribution in [2.24, 2.45) is 0 Å². The minimum atomic E-state index is -0.430. The molecule has 2 aromatic carbocycles. The zero-order chi connectivity index (χ0) is 23.7. The summed E-state index contributed by atoms with van der Waals surface area (Å²) in [4.78, 5) is 41.8. The van der Waals surface area contributed by atoms with Crippen LogP contribution < -0.4 is 10.2 Å². The first-order chi connectivity index (χ1) is 15.7. The molecular weight excluding hydrogens is 434 g/mol. The van der Waals surface area contributed by atoms with Gasteiger partial charge in [-0.2, -0.15) is 0 Å². The Morgan fingerprint density at radius 2 is 1.67 bits per heavy atom. The molecule has 2 heterocycles. The molecule has 2 fully saturated rings. The van der Waals surface area contributed by atoms with Crippen molar-refractivity contribution in [3.8, 4) is 0 Å². The number of carbonyl (C=O) groups excluding carboxylic acids is 3. The molecule has 2 saturated heterocycles. The summed E-state index contributed by atoms with van der Waals surface area (Å²) in [5.74, 6) is -0.819. The van der Waals surface area contributed by atoms with Crippen LogP contribution >= 0.6 is 11.8 Å². The quantitative estimate of drug-likeness (QED) is 0.618. The third kappa shape index (κ3) is 4.98. The molecule has 0 aromatic heterocycles. The van der Waals surface area contributed by atoms with Crippen LogP contribution in [-0.2, 0) is 9.59 Å². The largest absolute Gasteiger partial charge is 0.372 e. The number of hydrogen-bond donors (Lipinski definition) is 1. The molecule has 1 N–H and O–H groups in total. The Morgan fingerprint density at radius 3 is 2.30 bits per heavy atom. The Balaban J connectivity index is 1.46. The summed E-state index contributed by atoms with van der Waals surface area (Å²) in [7, 11) is 0. The van der Waals surface area contributed by atoms with Crippen LogP contribution in [0.1, 0.15) is 40.7 Å². The molecule has 172 valence electrons. The number of carbonyl (C=O) groups is 3. The molecule has 0 spiro atoms. The highest BCUT2D eigenvalue weighted by Crippen LogP contribution is 2.33. The maximum absolute atomic E-state index is 12.9. The highest BCUT2D eigenvalue weighted by molar-refractivity contribution is 8.18. The van der Waals surface area contributed by atoms with E-state index in [4.69, 9.17) is 0 Å². The van der Waals surface area contributed by atoms with Gasteiger partial charge in [0.2, 0.25) is 5.91 Å². The van der Waals surface area contributed by atoms with E-state index >= 15 is 0 Å². The molecule has 7 heteroatoms. The Morgan fingerprint density at radius 1 is 1.00 bits per heavy atom. The van der Waals surface area contributed by atoms with E-state index in [1.807, 2.05) is 45.9 Å². The number of thioether (sulfide) groups is 1. The molecule has 2 aliphatic rings. The standard InChI is InChI=1S/C26H29N3O3S/c1-16-11-18(3)24(19(4)12-16)27-23(30)15-29-25(31)22(33-26(29)32)14-20-7-8-21(13-17(20)2)28-9-5-6-10-28/h7-8,11-14H,5-6,9-10,15H2,1-4H3,(H,27,30)/b22-14+. The van der Waals surface area contributed by atoms with Gasteiger partial charge in [-0.25, -0.2) is 0 Å². The summed E-state index contributed by atoms with van der Waals surface area (Å²) in [6, 6.07) is 10.2. The van der Waals surface area contributed by atoms with E-state index in [0.717, 1.165) is 63.3 Å². The molecule has 0 aliphatic carbocycles. The zero-order valence-corrected chi connectivity index (χ0v) is 20.3. The summed E-state index contributed by atoms with van der Waals surface area (Å²) >= 11 is 0.880. The van der Waals surface area contributed by atoms with E-state index in [1.54, 1.807) is 6.08 Å². The van der Waals surface area contributed by atoms with Crippen LogP contribution in [0.5, 0.6) is 0 Å². The number of anilines is 2. The topological polar surface area (TPSA) is 69.7 Å². The van der Waals surface area contributed by atoms with E-state index in [2.05, 4.69) is 22.3 Å². The first kappa shape index (κ1) is 23.1. The summed E-state index contributed by atoms with van der Waals surface area (Å²) in [5.41, 5.74) is 6.87. The number of imide groups is 1. The van der Waals surface area contributed by atoms with Gasteiger partial charge in [-0.3, -0.25) is 19.3 Å². The fourth-order valence-corrected chi connectivity index (χ4v) is 5.30. The number of nitrogens with one attached hydrogen (secondary N) is 1. The average Bonchev–Trinajstić information content (AvgIpc) is 3.37. The lowest BCUT2D eigenvalue weighted by molar-refractivity contribution is -0.127. The second-order valence-corrected chi connectivity index (χ2v) is 9.82. The molecule has 0 radical (unpaired) electrons. The van der Waals surface area contributed by atoms with Gasteiger partial charge in [-0.1, -0.05) is 23.8 Å². The lowest BCUT2D eigenvalue weighted by Gasteiger charge is -2.18. The number of benzene rings is 2. The SMILES string of the molecule is Cc1cc(C)c(NC(=O)CN2C(=O)S/C(=C/c3ccc(N4CCCC4)cc3C)C2=O)c(C)c1. The van der Waals surface area contributed by atoms with Crippen molar-refractivity contribution >= 4 is 46.3 Å². The zero-order valence-electron chi connectivity index (χ0n) is 19.5. The van der Waals surface area contributed by atoms with E-state index in [9.17, 15) is 14.4 Å². The summed E-state index contributed by atoms with van der Waals surface area (Å²) in [6.45, 7) is 9.70. The fourth-order valence-electron chi connectivity index (χ4n) is 4.47. The Hall–Kier alpha value is -3.06. The Bertz CT molecular complexity index is 1140. The number of rotatable bonds is 5. The van der Waals surface area contributed by atoms with Crippen LogP contribution in [0.4, 0.5) is 16.2 Å². The van der Waals surface area contributed by atoms with Gasteiger partial charge in [0.05, 0.1) is 4.91 Å². The van der Waals surface area contributed by atoms with Gasteiger partial charge in [0.25, 0.3) is 11.1 Å². The normalized spacial score (nSPS) is 17.4. The third-order valence-corrected chi connectivity index (χ3v) is 7.04. The molecule has 4 rings (SSSR count). The van der Waals surface area contributed by atoms with Crippen molar-refractivity contribution in [1.29, 1.82) is 0 Å². The smallest absolute Gasteiger partial charge is 0.294 e.